The van der Waals surface area contributed by atoms with Crippen molar-refractivity contribution in [2.24, 2.45) is 0 Å². The van der Waals surface area contributed by atoms with Crippen LogP contribution in [0.25, 0.3) is 0 Å². The van der Waals surface area contributed by atoms with Gasteiger partial charge < -0.3 is 5.32 Å². The van der Waals surface area contributed by atoms with Gasteiger partial charge in [-0.3, -0.25) is 4.79 Å². The van der Waals surface area contributed by atoms with Crippen LogP contribution in [0.3, 0.4) is 0 Å². The number of carbonyl (C=O) groups is 1. The molecule has 6 heteroatoms. The van der Waals surface area contributed by atoms with Crippen LogP contribution in [0.4, 0.5) is 5.82 Å². The number of halogens is 2. The molecule has 4 nitrogen and oxygen atoms in total. The van der Waals surface area contributed by atoms with Gasteiger partial charge in [0.2, 0.25) is 5.91 Å². The molecule has 0 spiro atoms. The van der Waals surface area contributed by atoms with E-state index in [4.69, 9.17) is 11.6 Å². The van der Waals surface area contributed by atoms with E-state index in [0.29, 0.717) is 10.4 Å². The molecule has 0 aliphatic rings. The first-order valence-electron chi connectivity index (χ1n) is 3.05. The standard InChI is InChI=1S/C6H5BrClN3O/c7-4-2-10-5(3-9-4)11-6(12)1-8/h2-3H,1H2,(H,10,11,12). The van der Waals surface area contributed by atoms with Crippen LogP contribution in [0.1, 0.15) is 0 Å². The minimum Gasteiger partial charge on any atom is -0.308 e. The number of nitrogens with zero attached hydrogens (tertiary/aromatic N) is 2. The highest BCUT2D eigenvalue weighted by molar-refractivity contribution is 9.10. The number of rotatable bonds is 2. The molecule has 0 saturated heterocycles. The average molecular weight is 250 g/mol. The van der Waals surface area contributed by atoms with Gasteiger partial charge in [-0.2, -0.15) is 0 Å². The molecule has 0 aliphatic heterocycles. The fraction of sp³-hybridized carbons (Fsp3) is 0.167. The van der Waals surface area contributed by atoms with Gasteiger partial charge in [-0.15, -0.1) is 11.6 Å². The molecule has 1 rings (SSSR count). The SMILES string of the molecule is O=C(CCl)Nc1cnc(Br)cn1. The van der Waals surface area contributed by atoms with Crippen LogP contribution in [-0.2, 0) is 4.79 Å². The van der Waals surface area contributed by atoms with Gasteiger partial charge in [-0.05, 0) is 15.9 Å². The fourth-order valence-electron chi connectivity index (χ4n) is 0.553. The summed E-state index contributed by atoms with van der Waals surface area (Å²) in [6, 6.07) is 0. The molecule has 64 valence electrons. The van der Waals surface area contributed by atoms with Crippen molar-refractivity contribution >= 4 is 39.3 Å². The van der Waals surface area contributed by atoms with Gasteiger partial charge >= 0.3 is 0 Å². The lowest BCUT2D eigenvalue weighted by Gasteiger charge is -1.99. The van der Waals surface area contributed by atoms with E-state index in [2.05, 4.69) is 31.2 Å². The summed E-state index contributed by atoms with van der Waals surface area (Å²) in [7, 11) is 0. The molecule has 1 aromatic heterocycles. The van der Waals surface area contributed by atoms with E-state index in [1.165, 1.54) is 12.4 Å². The quantitative estimate of drug-likeness (QED) is 0.808. The van der Waals surface area contributed by atoms with Gasteiger partial charge in [0.25, 0.3) is 0 Å². The largest absolute Gasteiger partial charge is 0.308 e. The lowest BCUT2D eigenvalue weighted by molar-refractivity contribution is -0.113. The van der Waals surface area contributed by atoms with E-state index < -0.39 is 0 Å². The van der Waals surface area contributed by atoms with E-state index in [1.54, 1.807) is 0 Å². The van der Waals surface area contributed by atoms with Crippen molar-refractivity contribution in [3.8, 4) is 0 Å². The first kappa shape index (κ1) is 9.41. The van der Waals surface area contributed by atoms with Crippen LogP contribution in [0.5, 0.6) is 0 Å². The number of hydrogen-bond acceptors (Lipinski definition) is 3. The van der Waals surface area contributed by atoms with Gasteiger partial charge in [0.05, 0.1) is 12.4 Å². The van der Waals surface area contributed by atoms with Crippen molar-refractivity contribution in [1.82, 2.24) is 9.97 Å². The summed E-state index contributed by atoms with van der Waals surface area (Å²) in [4.78, 5) is 18.5. The Morgan fingerprint density at radius 3 is 2.83 bits per heavy atom. The average Bonchev–Trinajstić information content (AvgIpc) is 2.09. The van der Waals surface area contributed by atoms with Crippen molar-refractivity contribution in [3.63, 3.8) is 0 Å². The Kier molecular flexibility index (Phi) is 3.43. The fourth-order valence-corrected chi connectivity index (χ4v) is 0.825. The molecule has 1 N–H and O–H groups in total. The number of aromatic nitrogens is 2. The molecule has 0 aliphatic carbocycles. The van der Waals surface area contributed by atoms with Crippen LogP contribution in [0.2, 0.25) is 0 Å². The molecule has 0 unspecified atom stereocenters. The number of hydrogen-bond donors (Lipinski definition) is 1. The van der Waals surface area contributed by atoms with E-state index in [-0.39, 0.29) is 11.8 Å². The third-order valence-corrected chi connectivity index (χ3v) is 1.66. The topological polar surface area (TPSA) is 54.9 Å². The normalized spacial score (nSPS) is 9.50. The lowest BCUT2D eigenvalue weighted by atomic mass is 10.6. The minimum absolute atomic E-state index is 0.0856. The van der Waals surface area contributed by atoms with E-state index >= 15 is 0 Å². The molecule has 1 aromatic rings. The first-order valence-corrected chi connectivity index (χ1v) is 4.38. The Bertz CT molecular complexity index is 277. The zero-order chi connectivity index (χ0) is 8.97. The third-order valence-electron chi connectivity index (χ3n) is 1.01. The maximum Gasteiger partial charge on any atom is 0.240 e. The summed E-state index contributed by atoms with van der Waals surface area (Å²) >= 11 is 8.38. The van der Waals surface area contributed by atoms with Crippen molar-refractivity contribution in [2.45, 2.75) is 0 Å². The number of nitrogens with one attached hydrogen (secondary N) is 1. The van der Waals surface area contributed by atoms with Crippen molar-refractivity contribution in [2.75, 3.05) is 11.2 Å². The van der Waals surface area contributed by atoms with E-state index in [1.807, 2.05) is 0 Å². The van der Waals surface area contributed by atoms with Crippen LogP contribution in [0, 0.1) is 0 Å². The molecular formula is C6H5BrClN3O. The van der Waals surface area contributed by atoms with Crippen molar-refractivity contribution < 1.29 is 4.79 Å². The Balaban J connectivity index is 2.64. The zero-order valence-electron chi connectivity index (χ0n) is 5.92. The molecular weight excluding hydrogens is 245 g/mol. The Morgan fingerprint density at radius 1 is 1.58 bits per heavy atom. The maximum atomic E-state index is 10.7. The van der Waals surface area contributed by atoms with Crippen molar-refractivity contribution in [3.05, 3.63) is 17.0 Å². The van der Waals surface area contributed by atoms with E-state index in [9.17, 15) is 4.79 Å². The molecule has 0 fully saturated rings. The molecule has 12 heavy (non-hydrogen) atoms. The molecule has 1 amide bonds. The molecule has 0 radical (unpaired) electrons. The minimum atomic E-state index is -0.298. The van der Waals surface area contributed by atoms with E-state index in [0.717, 1.165) is 0 Å². The summed E-state index contributed by atoms with van der Waals surface area (Å²) < 4.78 is 0.617. The van der Waals surface area contributed by atoms with Gasteiger partial charge in [0.15, 0.2) is 5.82 Å². The molecule has 0 atom stereocenters. The molecule has 0 aromatic carbocycles. The van der Waals surface area contributed by atoms with Gasteiger partial charge in [-0.25, -0.2) is 9.97 Å². The van der Waals surface area contributed by atoms with Crippen LogP contribution < -0.4 is 5.32 Å². The second-order valence-corrected chi connectivity index (χ2v) is 2.99. The third kappa shape index (κ3) is 2.75. The van der Waals surface area contributed by atoms with Gasteiger partial charge in [0, 0.05) is 0 Å². The highest BCUT2D eigenvalue weighted by Gasteiger charge is 2.00. The molecule has 1 heterocycles. The summed E-state index contributed by atoms with van der Waals surface area (Å²) in [5, 5.41) is 2.45. The maximum absolute atomic E-state index is 10.7. The smallest absolute Gasteiger partial charge is 0.240 e. The zero-order valence-corrected chi connectivity index (χ0v) is 8.26. The Labute approximate surface area is 82.5 Å². The summed E-state index contributed by atoms with van der Waals surface area (Å²) in [5.74, 6) is 0.00900. The highest BCUT2D eigenvalue weighted by Crippen LogP contribution is 2.05. The van der Waals surface area contributed by atoms with Gasteiger partial charge in [-0.1, -0.05) is 0 Å². The number of anilines is 1. The Morgan fingerprint density at radius 2 is 2.33 bits per heavy atom. The predicted molar refractivity (Wildman–Crippen MR) is 49.1 cm³/mol. The van der Waals surface area contributed by atoms with Crippen molar-refractivity contribution in [1.29, 1.82) is 0 Å². The second-order valence-electron chi connectivity index (χ2n) is 1.91. The Hall–Kier alpha value is -0.680. The van der Waals surface area contributed by atoms with Crippen LogP contribution >= 0.6 is 27.5 Å². The van der Waals surface area contributed by atoms with Crippen LogP contribution in [0.15, 0.2) is 17.0 Å². The second kappa shape index (κ2) is 4.37. The number of carbonyl (C=O) groups excluding carboxylic acids is 1. The monoisotopic (exact) mass is 249 g/mol. The summed E-state index contributed by atoms with van der Waals surface area (Å²) in [6.45, 7) is 0. The lowest BCUT2D eigenvalue weighted by Crippen LogP contribution is -2.13. The summed E-state index contributed by atoms with van der Waals surface area (Å²) in [5.41, 5.74) is 0. The first-order chi connectivity index (χ1) is 5.72. The van der Waals surface area contributed by atoms with Gasteiger partial charge in [0.1, 0.15) is 10.5 Å². The highest BCUT2D eigenvalue weighted by atomic mass is 79.9. The summed E-state index contributed by atoms with van der Waals surface area (Å²) in [6.07, 6.45) is 2.93. The number of alkyl halides is 1. The predicted octanol–water partition coefficient (Wildman–Crippen LogP) is 1.42. The number of amides is 1. The van der Waals surface area contributed by atoms with Crippen LogP contribution in [-0.4, -0.2) is 21.8 Å². The molecule has 0 saturated carbocycles. The molecule has 0 bridgehead atoms.